The van der Waals surface area contributed by atoms with Crippen molar-refractivity contribution in [3.63, 3.8) is 0 Å². The van der Waals surface area contributed by atoms with Crippen molar-refractivity contribution in [1.29, 1.82) is 0 Å². The number of aliphatic hydroxyl groups is 1. The van der Waals surface area contributed by atoms with Crippen LogP contribution in [0.5, 0.6) is 0 Å². The minimum atomic E-state index is -3.56. The van der Waals surface area contributed by atoms with Crippen molar-refractivity contribution in [3.8, 4) is 0 Å². The SMILES string of the molecule is COC(=O)c1ccc2c(c1)cc(C(C)O)n2S(C)(=O)=O. The third kappa shape index (κ3) is 2.41. The molecule has 0 aliphatic carbocycles. The summed E-state index contributed by atoms with van der Waals surface area (Å²) >= 11 is 0. The summed E-state index contributed by atoms with van der Waals surface area (Å²) in [5, 5.41) is 10.3. The summed E-state index contributed by atoms with van der Waals surface area (Å²) < 4.78 is 29.4. The van der Waals surface area contributed by atoms with Crippen molar-refractivity contribution in [2.75, 3.05) is 13.4 Å². The van der Waals surface area contributed by atoms with Crippen LogP contribution in [-0.4, -0.2) is 36.8 Å². The number of benzene rings is 1. The van der Waals surface area contributed by atoms with E-state index in [0.29, 0.717) is 16.5 Å². The Hall–Kier alpha value is -1.86. The zero-order chi connectivity index (χ0) is 15.1. The maximum absolute atomic E-state index is 11.9. The molecule has 0 amide bonds. The molecule has 1 atom stereocenters. The van der Waals surface area contributed by atoms with Crippen LogP contribution in [0.4, 0.5) is 0 Å². The molecule has 108 valence electrons. The van der Waals surface area contributed by atoms with E-state index < -0.39 is 22.1 Å². The summed E-state index contributed by atoms with van der Waals surface area (Å²) in [5.74, 6) is -0.502. The van der Waals surface area contributed by atoms with Crippen molar-refractivity contribution in [1.82, 2.24) is 3.97 Å². The van der Waals surface area contributed by atoms with E-state index in [-0.39, 0.29) is 5.69 Å². The van der Waals surface area contributed by atoms with Crippen molar-refractivity contribution in [3.05, 3.63) is 35.5 Å². The highest BCUT2D eigenvalue weighted by Crippen LogP contribution is 2.27. The smallest absolute Gasteiger partial charge is 0.337 e. The Balaban J connectivity index is 2.78. The zero-order valence-corrected chi connectivity index (χ0v) is 12.1. The summed E-state index contributed by atoms with van der Waals surface area (Å²) in [5.41, 5.74) is 0.989. The van der Waals surface area contributed by atoms with Gasteiger partial charge in [-0.3, -0.25) is 0 Å². The molecule has 0 fully saturated rings. The van der Waals surface area contributed by atoms with Crippen molar-refractivity contribution in [2.24, 2.45) is 0 Å². The molecule has 1 unspecified atom stereocenters. The second-order valence-electron chi connectivity index (χ2n) is 4.54. The Labute approximate surface area is 116 Å². The first kappa shape index (κ1) is 14.5. The molecule has 0 saturated heterocycles. The average molecular weight is 297 g/mol. The fraction of sp³-hybridized carbons (Fsp3) is 0.308. The minimum Gasteiger partial charge on any atom is -0.465 e. The van der Waals surface area contributed by atoms with Gasteiger partial charge in [0, 0.05) is 5.39 Å². The molecule has 0 bridgehead atoms. The Morgan fingerprint density at radius 3 is 2.50 bits per heavy atom. The predicted molar refractivity (Wildman–Crippen MR) is 74.2 cm³/mol. The standard InChI is InChI=1S/C13H15NO5S/c1-8(15)12-7-10-6-9(13(16)19-2)4-5-11(10)14(12)20(3,17)18/h4-8,15H,1-3H3. The van der Waals surface area contributed by atoms with Crippen molar-refractivity contribution < 1.29 is 23.1 Å². The Morgan fingerprint density at radius 1 is 1.35 bits per heavy atom. The van der Waals surface area contributed by atoms with Crippen LogP contribution in [0.15, 0.2) is 24.3 Å². The van der Waals surface area contributed by atoms with Crippen LogP contribution >= 0.6 is 0 Å². The topological polar surface area (TPSA) is 85.6 Å². The molecule has 0 aliphatic heterocycles. The Morgan fingerprint density at radius 2 is 2.00 bits per heavy atom. The van der Waals surface area contributed by atoms with E-state index in [0.717, 1.165) is 10.2 Å². The predicted octanol–water partition coefficient (Wildman–Crippen LogP) is 1.29. The van der Waals surface area contributed by atoms with Gasteiger partial charge in [-0.1, -0.05) is 0 Å². The molecule has 2 aromatic rings. The van der Waals surface area contributed by atoms with Gasteiger partial charge in [0.05, 0.1) is 36.2 Å². The number of aromatic nitrogens is 1. The monoisotopic (exact) mass is 297 g/mol. The maximum atomic E-state index is 11.9. The van der Waals surface area contributed by atoms with Crippen LogP contribution < -0.4 is 0 Å². The largest absolute Gasteiger partial charge is 0.465 e. The number of nitrogens with zero attached hydrogens (tertiary/aromatic N) is 1. The molecular formula is C13H15NO5S. The average Bonchev–Trinajstić information content (AvgIpc) is 2.75. The summed E-state index contributed by atoms with van der Waals surface area (Å²) in [6.07, 6.45) is 0.116. The van der Waals surface area contributed by atoms with E-state index in [1.54, 1.807) is 6.07 Å². The second-order valence-corrected chi connectivity index (χ2v) is 6.37. The fourth-order valence-corrected chi connectivity index (χ4v) is 3.23. The third-order valence-corrected chi connectivity index (χ3v) is 4.04. The lowest BCUT2D eigenvalue weighted by Crippen LogP contribution is -2.14. The van der Waals surface area contributed by atoms with Crippen LogP contribution in [0, 0.1) is 0 Å². The van der Waals surface area contributed by atoms with E-state index in [1.165, 1.54) is 32.2 Å². The second kappa shape index (κ2) is 4.92. The van der Waals surface area contributed by atoms with E-state index >= 15 is 0 Å². The van der Waals surface area contributed by atoms with Crippen LogP contribution in [0.1, 0.15) is 29.1 Å². The summed E-state index contributed by atoms with van der Waals surface area (Å²) in [4.78, 5) is 11.5. The number of carbonyl (C=O) groups is 1. The number of hydrogen-bond acceptors (Lipinski definition) is 5. The molecule has 20 heavy (non-hydrogen) atoms. The number of methoxy groups -OCH3 is 1. The number of esters is 1. The normalized spacial score (nSPS) is 13.4. The van der Waals surface area contributed by atoms with Gasteiger partial charge in [0.15, 0.2) is 0 Å². The van der Waals surface area contributed by atoms with Crippen molar-refractivity contribution >= 4 is 26.9 Å². The van der Waals surface area contributed by atoms with Gasteiger partial charge in [-0.25, -0.2) is 17.2 Å². The number of carbonyl (C=O) groups excluding carboxylic acids is 1. The van der Waals surface area contributed by atoms with E-state index in [1.807, 2.05) is 0 Å². The maximum Gasteiger partial charge on any atom is 0.337 e. The summed E-state index contributed by atoms with van der Waals surface area (Å²) in [6, 6.07) is 6.10. The lowest BCUT2D eigenvalue weighted by molar-refractivity contribution is 0.0601. The quantitative estimate of drug-likeness (QED) is 0.863. The fourth-order valence-electron chi connectivity index (χ4n) is 2.12. The Bertz CT molecular complexity index is 773. The lowest BCUT2D eigenvalue weighted by Gasteiger charge is -2.10. The molecule has 0 saturated carbocycles. The molecule has 2 rings (SSSR count). The van der Waals surface area contributed by atoms with Gasteiger partial charge in [-0.15, -0.1) is 0 Å². The highest BCUT2D eigenvalue weighted by atomic mass is 32.2. The molecule has 7 heteroatoms. The van der Waals surface area contributed by atoms with Gasteiger partial charge in [0.1, 0.15) is 0 Å². The number of hydrogen-bond donors (Lipinski definition) is 1. The number of fused-ring (bicyclic) bond motifs is 1. The first-order valence-corrected chi connectivity index (χ1v) is 7.73. The van der Waals surface area contributed by atoms with Crippen LogP contribution in [0.25, 0.3) is 10.9 Å². The molecule has 1 aromatic carbocycles. The van der Waals surface area contributed by atoms with E-state index in [2.05, 4.69) is 4.74 Å². The third-order valence-electron chi connectivity index (χ3n) is 2.97. The van der Waals surface area contributed by atoms with Crippen LogP contribution in [-0.2, 0) is 14.8 Å². The van der Waals surface area contributed by atoms with E-state index in [9.17, 15) is 18.3 Å². The minimum absolute atomic E-state index is 0.254. The van der Waals surface area contributed by atoms with Crippen LogP contribution in [0.3, 0.4) is 0 Å². The van der Waals surface area contributed by atoms with Gasteiger partial charge in [-0.2, -0.15) is 0 Å². The highest BCUT2D eigenvalue weighted by Gasteiger charge is 2.20. The first-order valence-electron chi connectivity index (χ1n) is 5.88. The molecule has 1 aromatic heterocycles. The number of ether oxygens (including phenoxy) is 1. The van der Waals surface area contributed by atoms with E-state index in [4.69, 9.17) is 0 Å². The number of rotatable bonds is 3. The molecule has 0 aliphatic rings. The summed E-state index contributed by atoms with van der Waals surface area (Å²) in [7, 11) is -2.29. The summed E-state index contributed by atoms with van der Waals surface area (Å²) in [6.45, 7) is 1.48. The zero-order valence-electron chi connectivity index (χ0n) is 11.3. The molecule has 0 radical (unpaired) electrons. The van der Waals surface area contributed by atoms with Crippen LogP contribution in [0.2, 0.25) is 0 Å². The molecule has 1 N–H and O–H groups in total. The van der Waals surface area contributed by atoms with Gasteiger partial charge >= 0.3 is 5.97 Å². The van der Waals surface area contributed by atoms with Gasteiger partial charge < -0.3 is 9.84 Å². The first-order chi connectivity index (χ1) is 9.25. The molecular weight excluding hydrogens is 282 g/mol. The molecule has 1 heterocycles. The molecule has 6 nitrogen and oxygen atoms in total. The van der Waals surface area contributed by atoms with Gasteiger partial charge in [0.25, 0.3) is 0 Å². The number of aliphatic hydroxyl groups excluding tert-OH is 1. The van der Waals surface area contributed by atoms with Crippen molar-refractivity contribution in [2.45, 2.75) is 13.0 Å². The highest BCUT2D eigenvalue weighted by molar-refractivity contribution is 7.89. The van der Waals surface area contributed by atoms with Gasteiger partial charge in [-0.05, 0) is 31.2 Å². The lowest BCUT2D eigenvalue weighted by atomic mass is 10.1. The Kier molecular flexibility index (Phi) is 3.58. The molecule has 0 spiro atoms. The van der Waals surface area contributed by atoms with Gasteiger partial charge in [0.2, 0.25) is 10.0 Å².